The summed E-state index contributed by atoms with van der Waals surface area (Å²) in [6.45, 7) is 0.139. The van der Waals surface area contributed by atoms with Crippen LogP contribution in [0.25, 0.3) is 10.2 Å². The Morgan fingerprint density at radius 3 is 2.90 bits per heavy atom. The van der Waals surface area contributed by atoms with Gasteiger partial charge in [0.25, 0.3) is 0 Å². The molecule has 102 valence electrons. The second kappa shape index (κ2) is 5.34. The van der Waals surface area contributed by atoms with E-state index < -0.39 is 11.6 Å². The Morgan fingerprint density at radius 1 is 1.20 bits per heavy atom. The molecule has 0 amide bonds. The van der Waals surface area contributed by atoms with E-state index >= 15 is 0 Å². The lowest BCUT2D eigenvalue weighted by molar-refractivity contribution is 0.500. The molecular formula is C14H9ClF2N2S. The normalized spacial score (nSPS) is 10.9. The Hall–Kier alpha value is -1.72. The molecule has 0 fully saturated rings. The summed E-state index contributed by atoms with van der Waals surface area (Å²) >= 11 is 7.63. The maximum Gasteiger partial charge on any atom is 0.163 e. The third-order valence-corrected chi connectivity index (χ3v) is 4.05. The third-order valence-electron chi connectivity index (χ3n) is 2.94. The minimum absolute atomic E-state index is 0.139. The fourth-order valence-electron chi connectivity index (χ4n) is 1.94. The van der Waals surface area contributed by atoms with Crippen molar-refractivity contribution in [2.75, 3.05) is 5.32 Å². The van der Waals surface area contributed by atoms with Crippen LogP contribution in [0.5, 0.6) is 0 Å². The molecule has 0 spiro atoms. The van der Waals surface area contributed by atoms with Crippen LogP contribution in [0.3, 0.4) is 0 Å². The largest absolute Gasteiger partial charge is 0.378 e. The highest BCUT2D eigenvalue weighted by Crippen LogP contribution is 2.32. The first-order valence-corrected chi connectivity index (χ1v) is 7.11. The molecular weight excluding hydrogens is 302 g/mol. The molecule has 0 aliphatic carbocycles. The fraction of sp³-hybridized carbons (Fsp3) is 0.0714. The van der Waals surface area contributed by atoms with E-state index in [2.05, 4.69) is 10.3 Å². The number of fused-ring (bicyclic) bond motifs is 1. The predicted octanol–water partition coefficient (Wildman–Crippen LogP) is 4.84. The van der Waals surface area contributed by atoms with Gasteiger partial charge < -0.3 is 5.32 Å². The molecule has 2 nitrogen and oxygen atoms in total. The second-order valence-corrected chi connectivity index (χ2v) is 5.48. The Labute approximate surface area is 123 Å². The zero-order chi connectivity index (χ0) is 14.1. The topological polar surface area (TPSA) is 24.9 Å². The third kappa shape index (κ3) is 2.34. The van der Waals surface area contributed by atoms with Crippen molar-refractivity contribution in [3.8, 4) is 0 Å². The van der Waals surface area contributed by atoms with Crippen molar-refractivity contribution in [2.24, 2.45) is 0 Å². The number of thiazole rings is 1. The Balaban J connectivity index is 1.92. The molecule has 6 heteroatoms. The summed E-state index contributed by atoms with van der Waals surface area (Å²) in [6.07, 6.45) is 0. The van der Waals surface area contributed by atoms with Crippen LogP contribution < -0.4 is 5.32 Å². The average Bonchev–Trinajstić information content (AvgIpc) is 2.90. The monoisotopic (exact) mass is 310 g/mol. The van der Waals surface area contributed by atoms with E-state index in [1.165, 1.54) is 23.5 Å². The van der Waals surface area contributed by atoms with Gasteiger partial charge in [-0.3, -0.25) is 0 Å². The van der Waals surface area contributed by atoms with Crippen LogP contribution in [0.1, 0.15) is 5.56 Å². The van der Waals surface area contributed by atoms with E-state index in [1.807, 2.05) is 6.07 Å². The Kier molecular flexibility index (Phi) is 3.54. The van der Waals surface area contributed by atoms with E-state index in [1.54, 1.807) is 11.6 Å². The van der Waals surface area contributed by atoms with Gasteiger partial charge >= 0.3 is 0 Å². The molecule has 0 atom stereocenters. The summed E-state index contributed by atoms with van der Waals surface area (Å²) in [6, 6.07) is 7.73. The van der Waals surface area contributed by atoms with E-state index in [-0.39, 0.29) is 12.1 Å². The summed E-state index contributed by atoms with van der Waals surface area (Å²) < 4.78 is 27.7. The van der Waals surface area contributed by atoms with Crippen molar-refractivity contribution < 1.29 is 8.78 Å². The maximum atomic E-state index is 13.6. The number of nitrogens with zero attached hydrogens (tertiary/aromatic N) is 1. The standard InChI is InChI=1S/C14H9ClF2N2S/c15-9-4-5-11-14(19-7-20-11)13(9)18-6-8-2-1-3-10(16)12(8)17/h1-5,7,18H,6H2. The van der Waals surface area contributed by atoms with E-state index in [0.29, 0.717) is 10.7 Å². The number of rotatable bonds is 3. The van der Waals surface area contributed by atoms with E-state index in [4.69, 9.17) is 11.6 Å². The lowest BCUT2D eigenvalue weighted by atomic mass is 10.2. The van der Waals surface area contributed by atoms with Crippen LogP contribution >= 0.6 is 22.9 Å². The lowest BCUT2D eigenvalue weighted by Gasteiger charge is -2.10. The number of benzene rings is 2. The molecule has 0 unspecified atom stereocenters. The molecule has 1 heterocycles. The van der Waals surface area contributed by atoms with Crippen LogP contribution in [0.2, 0.25) is 5.02 Å². The first-order chi connectivity index (χ1) is 9.66. The van der Waals surface area contributed by atoms with Gasteiger partial charge in [-0.15, -0.1) is 11.3 Å². The van der Waals surface area contributed by atoms with Gasteiger partial charge in [0, 0.05) is 12.1 Å². The predicted molar refractivity (Wildman–Crippen MR) is 78.3 cm³/mol. The summed E-state index contributed by atoms with van der Waals surface area (Å²) in [5, 5.41) is 3.53. The molecule has 3 aromatic rings. The molecule has 0 saturated carbocycles. The summed E-state index contributed by atoms with van der Waals surface area (Å²) in [4.78, 5) is 4.24. The van der Waals surface area contributed by atoms with Gasteiger partial charge in [-0.25, -0.2) is 13.8 Å². The van der Waals surface area contributed by atoms with E-state index in [0.717, 1.165) is 16.3 Å². The minimum atomic E-state index is -0.859. The van der Waals surface area contributed by atoms with Gasteiger partial charge in [0.2, 0.25) is 0 Å². The molecule has 0 bridgehead atoms. The summed E-state index contributed by atoms with van der Waals surface area (Å²) in [7, 11) is 0. The van der Waals surface area contributed by atoms with Crippen molar-refractivity contribution in [1.82, 2.24) is 4.98 Å². The first-order valence-electron chi connectivity index (χ1n) is 5.85. The quantitative estimate of drug-likeness (QED) is 0.748. The van der Waals surface area contributed by atoms with Crippen molar-refractivity contribution >= 4 is 38.8 Å². The van der Waals surface area contributed by atoms with Crippen LogP contribution in [-0.2, 0) is 6.54 Å². The Bertz CT molecular complexity index is 773. The maximum absolute atomic E-state index is 13.6. The zero-order valence-electron chi connectivity index (χ0n) is 10.2. The highest BCUT2D eigenvalue weighted by Gasteiger charge is 2.11. The van der Waals surface area contributed by atoms with Gasteiger partial charge in [0.1, 0.15) is 5.52 Å². The molecule has 2 aromatic carbocycles. The number of aromatic nitrogens is 1. The summed E-state index contributed by atoms with van der Waals surface area (Å²) in [5.41, 5.74) is 3.33. The van der Waals surface area contributed by atoms with Gasteiger partial charge in [-0.1, -0.05) is 23.7 Å². The van der Waals surface area contributed by atoms with Crippen molar-refractivity contribution in [2.45, 2.75) is 6.54 Å². The molecule has 0 aliphatic heterocycles. The van der Waals surface area contributed by atoms with Gasteiger partial charge in [-0.05, 0) is 18.2 Å². The smallest absolute Gasteiger partial charge is 0.163 e. The molecule has 1 N–H and O–H groups in total. The number of nitrogens with one attached hydrogen (secondary N) is 1. The van der Waals surface area contributed by atoms with E-state index in [9.17, 15) is 8.78 Å². The van der Waals surface area contributed by atoms with Crippen molar-refractivity contribution in [3.05, 3.63) is 58.1 Å². The molecule has 0 radical (unpaired) electrons. The van der Waals surface area contributed by atoms with Crippen LogP contribution in [0, 0.1) is 11.6 Å². The highest BCUT2D eigenvalue weighted by molar-refractivity contribution is 7.16. The number of hydrogen-bond donors (Lipinski definition) is 1. The van der Waals surface area contributed by atoms with Crippen LogP contribution in [0.4, 0.5) is 14.5 Å². The molecule has 0 aliphatic rings. The number of anilines is 1. The molecule has 3 rings (SSSR count). The molecule has 20 heavy (non-hydrogen) atoms. The number of hydrogen-bond acceptors (Lipinski definition) is 3. The average molecular weight is 311 g/mol. The fourth-order valence-corrected chi connectivity index (χ4v) is 2.85. The lowest BCUT2D eigenvalue weighted by Crippen LogP contribution is -2.04. The second-order valence-electron chi connectivity index (χ2n) is 4.19. The zero-order valence-corrected chi connectivity index (χ0v) is 11.7. The molecule has 0 saturated heterocycles. The Morgan fingerprint density at radius 2 is 2.05 bits per heavy atom. The van der Waals surface area contributed by atoms with Gasteiger partial charge in [0.15, 0.2) is 11.6 Å². The molecule has 1 aromatic heterocycles. The van der Waals surface area contributed by atoms with Gasteiger partial charge in [0.05, 0.1) is 20.9 Å². The first kappa shape index (κ1) is 13.3. The van der Waals surface area contributed by atoms with Gasteiger partial charge in [-0.2, -0.15) is 0 Å². The highest BCUT2D eigenvalue weighted by atomic mass is 35.5. The van der Waals surface area contributed by atoms with Crippen LogP contribution in [-0.4, -0.2) is 4.98 Å². The minimum Gasteiger partial charge on any atom is -0.378 e. The SMILES string of the molecule is Fc1cccc(CNc2c(Cl)ccc3scnc23)c1F. The summed E-state index contributed by atoms with van der Waals surface area (Å²) in [5.74, 6) is -1.70. The van der Waals surface area contributed by atoms with Crippen molar-refractivity contribution in [3.63, 3.8) is 0 Å². The van der Waals surface area contributed by atoms with Crippen molar-refractivity contribution in [1.29, 1.82) is 0 Å². The number of halogens is 3. The van der Waals surface area contributed by atoms with Crippen LogP contribution in [0.15, 0.2) is 35.8 Å².